The number of nitrogens with one attached hydrogen (secondary N) is 1. The Morgan fingerprint density at radius 3 is 2.42 bits per heavy atom. The standard InChI is InChI=1S/C18H16N4O4/c19-12-13-3-1-4-14(11-13)20-16(23)18(25)22-8-6-21(7-9-22)17(24)15-5-2-10-26-15/h1-5,10-11H,6-9H2,(H,20,23). The Morgan fingerprint density at radius 1 is 1.04 bits per heavy atom. The molecular weight excluding hydrogens is 336 g/mol. The molecule has 0 saturated carbocycles. The van der Waals surface area contributed by atoms with Crippen LogP contribution in [0.25, 0.3) is 0 Å². The van der Waals surface area contributed by atoms with Crippen LogP contribution in [0.5, 0.6) is 0 Å². The number of anilines is 1. The number of hydrogen-bond acceptors (Lipinski definition) is 5. The van der Waals surface area contributed by atoms with E-state index in [1.807, 2.05) is 6.07 Å². The van der Waals surface area contributed by atoms with Gasteiger partial charge in [-0.15, -0.1) is 0 Å². The predicted octanol–water partition coefficient (Wildman–Crippen LogP) is 1.07. The van der Waals surface area contributed by atoms with Gasteiger partial charge in [-0.1, -0.05) is 6.07 Å². The number of hydrogen-bond donors (Lipinski definition) is 1. The van der Waals surface area contributed by atoms with Crippen molar-refractivity contribution in [3.8, 4) is 6.07 Å². The topological polar surface area (TPSA) is 107 Å². The lowest BCUT2D eigenvalue weighted by Gasteiger charge is -2.33. The Morgan fingerprint density at radius 2 is 1.77 bits per heavy atom. The van der Waals surface area contributed by atoms with Gasteiger partial charge in [-0.3, -0.25) is 14.4 Å². The first kappa shape index (κ1) is 17.2. The highest BCUT2D eigenvalue weighted by atomic mass is 16.3. The van der Waals surface area contributed by atoms with Crippen molar-refractivity contribution < 1.29 is 18.8 Å². The van der Waals surface area contributed by atoms with Gasteiger partial charge < -0.3 is 19.5 Å². The van der Waals surface area contributed by atoms with Gasteiger partial charge in [-0.05, 0) is 30.3 Å². The summed E-state index contributed by atoms with van der Waals surface area (Å²) in [6, 6.07) is 11.5. The zero-order valence-electron chi connectivity index (χ0n) is 13.8. The largest absolute Gasteiger partial charge is 0.459 e. The second kappa shape index (κ2) is 7.53. The number of nitriles is 1. The van der Waals surface area contributed by atoms with Crippen LogP contribution in [-0.2, 0) is 9.59 Å². The quantitative estimate of drug-likeness (QED) is 0.814. The summed E-state index contributed by atoms with van der Waals surface area (Å²) in [5.74, 6) is -1.43. The lowest BCUT2D eigenvalue weighted by Crippen LogP contribution is -2.52. The van der Waals surface area contributed by atoms with E-state index in [1.165, 1.54) is 17.2 Å². The molecule has 1 aromatic heterocycles. The minimum Gasteiger partial charge on any atom is -0.459 e. The molecule has 2 heterocycles. The van der Waals surface area contributed by atoms with Gasteiger partial charge in [0.15, 0.2) is 5.76 Å². The number of nitrogens with zero attached hydrogens (tertiary/aromatic N) is 3. The molecule has 8 nitrogen and oxygen atoms in total. The average molecular weight is 352 g/mol. The summed E-state index contributed by atoms with van der Waals surface area (Å²) in [6.45, 7) is 1.17. The predicted molar refractivity (Wildman–Crippen MR) is 91.0 cm³/mol. The van der Waals surface area contributed by atoms with E-state index in [0.29, 0.717) is 24.3 Å². The first-order valence-electron chi connectivity index (χ1n) is 8.01. The summed E-state index contributed by atoms with van der Waals surface area (Å²) in [5, 5.41) is 11.4. The maximum atomic E-state index is 12.3. The van der Waals surface area contributed by atoms with Crippen molar-refractivity contribution in [3.63, 3.8) is 0 Å². The SMILES string of the molecule is N#Cc1cccc(NC(=O)C(=O)N2CCN(C(=O)c3ccco3)CC2)c1. The van der Waals surface area contributed by atoms with Crippen LogP contribution in [0, 0.1) is 11.3 Å². The number of furan rings is 1. The van der Waals surface area contributed by atoms with E-state index in [1.54, 1.807) is 35.2 Å². The van der Waals surface area contributed by atoms with Crippen molar-refractivity contribution in [1.82, 2.24) is 9.80 Å². The van der Waals surface area contributed by atoms with Crippen molar-refractivity contribution in [1.29, 1.82) is 5.26 Å². The minimum absolute atomic E-state index is 0.236. The van der Waals surface area contributed by atoms with Crippen molar-refractivity contribution in [3.05, 3.63) is 54.0 Å². The summed E-state index contributed by atoms with van der Waals surface area (Å²) in [4.78, 5) is 39.6. The second-order valence-corrected chi connectivity index (χ2v) is 5.71. The van der Waals surface area contributed by atoms with Crippen LogP contribution in [0.2, 0.25) is 0 Å². The molecule has 26 heavy (non-hydrogen) atoms. The first-order valence-corrected chi connectivity index (χ1v) is 8.01. The molecule has 1 aliphatic heterocycles. The fourth-order valence-corrected chi connectivity index (χ4v) is 2.66. The maximum Gasteiger partial charge on any atom is 0.313 e. The van der Waals surface area contributed by atoms with E-state index in [4.69, 9.17) is 9.68 Å². The van der Waals surface area contributed by atoms with Crippen LogP contribution in [0.3, 0.4) is 0 Å². The third-order valence-corrected chi connectivity index (χ3v) is 4.03. The Hall–Kier alpha value is -3.60. The van der Waals surface area contributed by atoms with Gasteiger partial charge in [-0.25, -0.2) is 0 Å². The van der Waals surface area contributed by atoms with Crippen molar-refractivity contribution in [2.24, 2.45) is 0 Å². The number of piperazine rings is 1. The molecule has 0 bridgehead atoms. The van der Waals surface area contributed by atoms with Gasteiger partial charge in [0.25, 0.3) is 5.91 Å². The van der Waals surface area contributed by atoms with Crippen LogP contribution < -0.4 is 5.32 Å². The van der Waals surface area contributed by atoms with Crippen LogP contribution in [0.15, 0.2) is 47.1 Å². The molecular formula is C18H16N4O4. The average Bonchev–Trinajstić information content (AvgIpc) is 3.22. The van der Waals surface area contributed by atoms with Gasteiger partial charge in [-0.2, -0.15) is 5.26 Å². The Bertz CT molecular complexity index is 862. The number of amides is 3. The molecule has 1 fully saturated rings. The molecule has 8 heteroatoms. The Kier molecular flexibility index (Phi) is 4.99. The summed E-state index contributed by atoms with van der Waals surface area (Å²) in [6.07, 6.45) is 1.43. The molecule has 0 atom stereocenters. The highest BCUT2D eigenvalue weighted by molar-refractivity contribution is 6.39. The Labute approximate surface area is 149 Å². The van der Waals surface area contributed by atoms with Crippen LogP contribution in [-0.4, -0.2) is 53.7 Å². The monoisotopic (exact) mass is 352 g/mol. The molecule has 3 rings (SSSR count). The molecule has 0 unspecified atom stereocenters. The molecule has 2 aromatic rings. The van der Waals surface area contributed by atoms with Gasteiger partial charge in [0.05, 0.1) is 17.9 Å². The van der Waals surface area contributed by atoms with Crippen LogP contribution >= 0.6 is 0 Å². The molecule has 3 amide bonds. The summed E-state index contributed by atoms with van der Waals surface area (Å²) in [7, 11) is 0. The van der Waals surface area contributed by atoms with Gasteiger partial charge in [0, 0.05) is 31.9 Å². The molecule has 1 aliphatic rings. The third kappa shape index (κ3) is 3.72. The van der Waals surface area contributed by atoms with Crippen molar-refractivity contribution in [2.45, 2.75) is 0 Å². The van der Waals surface area contributed by atoms with E-state index in [9.17, 15) is 14.4 Å². The normalized spacial score (nSPS) is 13.8. The number of carbonyl (C=O) groups excluding carboxylic acids is 3. The molecule has 0 aliphatic carbocycles. The van der Waals surface area contributed by atoms with Gasteiger partial charge in [0.2, 0.25) is 0 Å². The van der Waals surface area contributed by atoms with E-state index in [-0.39, 0.29) is 24.8 Å². The molecule has 1 N–H and O–H groups in total. The van der Waals surface area contributed by atoms with E-state index >= 15 is 0 Å². The number of carbonyl (C=O) groups is 3. The zero-order valence-corrected chi connectivity index (χ0v) is 13.8. The van der Waals surface area contributed by atoms with Crippen molar-refractivity contribution in [2.75, 3.05) is 31.5 Å². The summed E-state index contributed by atoms with van der Waals surface area (Å²) in [5.41, 5.74) is 0.773. The minimum atomic E-state index is -0.772. The fourth-order valence-electron chi connectivity index (χ4n) is 2.66. The summed E-state index contributed by atoms with van der Waals surface area (Å²) >= 11 is 0. The lowest BCUT2D eigenvalue weighted by molar-refractivity contribution is -0.144. The fraction of sp³-hybridized carbons (Fsp3) is 0.222. The molecule has 1 aromatic carbocycles. The lowest BCUT2D eigenvalue weighted by atomic mass is 10.2. The molecule has 0 spiro atoms. The second-order valence-electron chi connectivity index (χ2n) is 5.71. The van der Waals surface area contributed by atoms with E-state index < -0.39 is 11.8 Å². The first-order chi connectivity index (χ1) is 12.6. The number of rotatable bonds is 2. The number of benzene rings is 1. The van der Waals surface area contributed by atoms with E-state index in [0.717, 1.165) is 0 Å². The molecule has 0 radical (unpaired) electrons. The summed E-state index contributed by atoms with van der Waals surface area (Å²) < 4.78 is 5.09. The Balaban J connectivity index is 1.55. The highest BCUT2D eigenvalue weighted by Gasteiger charge is 2.29. The zero-order chi connectivity index (χ0) is 18.5. The third-order valence-electron chi connectivity index (χ3n) is 4.03. The highest BCUT2D eigenvalue weighted by Crippen LogP contribution is 2.12. The van der Waals surface area contributed by atoms with Gasteiger partial charge >= 0.3 is 11.8 Å². The van der Waals surface area contributed by atoms with Crippen LogP contribution in [0.1, 0.15) is 16.1 Å². The van der Waals surface area contributed by atoms with Crippen LogP contribution in [0.4, 0.5) is 5.69 Å². The molecule has 132 valence electrons. The molecule has 1 saturated heterocycles. The smallest absolute Gasteiger partial charge is 0.313 e. The maximum absolute atomic E-state index is 12.3. The van der Waals surface area contributed by atoms with Gasteiger partial charge in [0.1, 0.15) is 0 Å². The van der Waals surface area contributed by atoms with Crippen molar-refractivity contribution >= 4 is 23.4 Å². The van der Waals surface area contributed by atoms with E-state index in [2.05, 4.69) is 5.32 Å².